The summed E-state index contributed by atoms with van der Waals surface area (Å²) in [5.74, 6) is 0. The number of thiophene rings is 1. The molecule has 1 heterocycles. The molecule has 0 aliphatic heterocycles. The van der Waals surface area contributed by atoms with E-state index >= 15 is 0 Å². The van der Waals surface area contributed by atoms with Gasteiger partial charge in [-0.1, -0.05) is 6.92 Å². The standard InChI is InChI=1S/C10H15BrF2N2O2S2/c1-2-3-14-5-7-4-8(10(11)18-7)19(16,17)15-6-9(12)13/h4,9,14-15H,2-3,5-6H2,1H3. The number of rotatable bonds is 8. The molecule has 0 aromatic carbocycles. The molecule has 0 saturated heterocycles. The number of hydrogen-bond acceptors (Lipinski definition) is 4. The van der Waals surface area contributed by atoms with Crippen molar-refractivity contribution in [2.45, 2.75) is 31.2 Å². The van der Waals surface area contributed by atoms with E-state index < -0.39 is 23.0 Å². The maximum absolute atomic E-state index is 12.0. The van der Waals surface area contributed by atoms with E-state index in [1.54, 1.807) is 0 Å². The van der Waals surface area contributed by atoms with Gasteiger partial charge in [0.25, 0.3) is 6.43 Å². The van der Waals surface area contributed by atoms with Crippen LogP contribution in [0.25, 0.3) is 0 Å². The summed E-state index contributed by atoms with van der Waals surface area (Å²) in [7, 11) is -3.89. The molecule has 0 bridgehead atoms. The highest BCUT2D eigenvalue weighted by molar-refractivity contribution is 9.11. The highest BCUT2D eigenvalue weighted by Crippen LogP contribution is 2.31. The fourth-order valence-corrected chi connectivity index (χ4v) is 4.96. The van der Waals surface area contributed by atoms with Gasteiger partial charge in [0.05, 0.1) is 10.3 Å². The molecule has 1 aromatic rings. The summed E-state index contributed by atoms with van der Waals surface area (Å²) in [6.45, 7) is 2.54. The van der Waals surface area contributed by atoms with Crippen molar-refractivity contribution in [1.82, 2.24) is 10.0 Å². The van der Waals surface area contributed by atoms with E-state index in [0.29, 0.717) is 10.3 Å². The Morgan fingerprint density at radius 2 is 2.16 bits per heavy atom. The van der Waals surface area contributed by atoms with E-state index in [4.69, 9.17) is 0 Å². The van der Waals surface area contributed by atoms with Gasteiger partial charge in [-0.2, -0.15) is 0 Å². The van der Waals surface area contributed by atoms with Crippen LogP contribution in [0.15, 0.2) is 14.7 Å². The van der Waals surface area contributed by atoms with Crippen molar-refractivity contribution in [3.05, 3.63) is 14.7 Å². The van der Waals surface area contributed by atoms with Gasteiger partial charge >= 0.3 is 0 Å². The Morgan fingerprint density at radius 1 is 1.47 bits per heavy atom. The SMILES string of the molecule is CCCNCc1cc(S(=O)(=O)NCC(F)F)c(Br)s1. The number of hydrogen-bond donors (Lipinski definition) is 2. The van der Waals surface area contributed by atoms with Crippen molar-refractivity contribution in [2.24, 2.45) is 0 Å². The summed E-state index contributed by atoms with van der Waals surface area (Å²) in [6.07, 6.45) is -1.73. The molecule has 110 valence electrons. The Bertz CT molecular complexity index is 506. The fraction of sp³-hybridized carbons (Fsp3) is 0.600. The van der Waals surface area contributed by atoms with E-state index in [0.717, 1.165) is 17.8 Å². The molecule has 9 heteroatoms. The zero-order valence-electron chi connectivity index (χ0n) is 10.3. The molecule has 0 aliphatic rings. The van der Waals surface area contributed by atoms with Gasteiger partial charge in [-0.15, -0.1) is 11.3 Å². The van der Waals surface area contributed by atoms with Gasteiger partial charge in [-0.3, -0.25) is 0 Å². The molecule has 0 spiro atoms. The van der Waals surface area contributed by atoms with Crippen molar-refractivity contribution in [1.29, 1.82) is 0 Å². The first-order chi connectivity index (χ1) is 8.86. The minimum atomic E-state index is -3.89. The van der Waals surface area contributed by atoms with Gasteiger partial charge in [0.15, 0.2) is 0 Å². The molecular weight excluding hydrogens is 362 g/mol. The molecule has 19 heavy (non-hydrogen) atoms. The van der Waals surface area contributed by atoms with Gasteiger partial charge in [-0.25, -0.2) is 21.9 Å². The molecule has 0 saturated carbocycles. The zero-order chi connectivity index (χ0) is 14.5. The van der Waals surface area contributed by atoms with E-state index in [9.17, 15) is 17.2 Å². The Kier molecular flexibility index (Phi) is 6.81. The normalized spacial score (nSPS) is 12.3. The summed E-state index contributed by atoms with van der Waals surface area (Å²) in [5, 5.41) is 3.15. The fourth-order valence-electron chi connectivity index (χ4n) is 1.31. The second-order valence-corrected chi connectivity index (χ2v) is 7.96. The lowest BCUT2D eigenvalue weighted by atomic mass is 10.4. The summed E-state index contributed by atoms with van der Waals surface area (Å²) in [5.41, 5.74) is 0. The average molecular weight is 377 g/mol. The number of sulfonamides is 1. The third-order valence-corrected chi connectivity index (χ3v) is 5.83. The first-order valence-electron chi connectivity index (χ1n) is 5.63. The van der Waals surface area contributed by atoms with Crippen LogP contribution < -0.4 is 10.0 Å². The maximum atomic E-state index is 12.0. The zero-order valence-corrected chi connectivity index (χ0v) is 13.5. The lowest BCUT2D eigenvalue weighted by Crippen LogP contribution is -2.28. The molecule has 0 fully saturated rings. The minimum Gasteiger partial charge on any atom is -0.312 e. The van der Waals surface area contributed by atoms with Crippen LogP contribution >= 0.6 is 27.3 Å². The van der Waals surface area contributed by atoms with Crippen LogP contribution in [0.3, 0.4) is 0 Å². The highest BCUT2D eigenvalue weighted by Gasteiger charge is 2.21. The number of nitrogens with one attached hydrogen (secondary N) is 2. The second kappa shape index (κ2) is 7.63. The molecule has 0 unspecified atom stereocenters. The molecule has 0 aliphatic carbocycles. The maximum Gasteiger partial charge on any atom is 0.251 e. The summed E-state index contributed by atoms with van der Waals surface area (Å²) in [6, 6.07) is 1.49. The highest BCUT2D eigenvalue weighted by atomic mass is 79.9. The van der Waals surface area contributed by atoms with E-state index in [1.165, 1.54) is 17.4 Å². The van der Waals surface area contributed by atoms with Crippen LogP contribution in [0.5, 0.6) is 0 Å². The monoisotopic (exact) mass is 376 g/mol. The second-order valence-electron chi connectivity index (χ2n) is 3.77. The number of alkyl halides is 2. The van der Waals surface area contributed by atoms with E-state index in [2.05, 4.69) is 21.2 Å². The van der Waals surface area contributed by atoms with Crippen molar-refractivity contribution in [3.8, 4) is 0 Å². The van der Waals surface area contributed by atoms with Gasteiger partial charge in [-0.05, 0) is 35.0 Å². The minimum absolute atomic E-state index is 0.00597. The molecule has 0 amide bonds. The van der Waals surface area contributed by atoms with Crippen molar-refractivity contribution in [3.63, 3.8) is 0 Å². The van der Waals surface area contributed by atoms with Crippen LogP contribution in [-0.2, 0) is 16.6 Å². The number of halogens is 3. The first-order valence-corrected chi connectivity index (χ1v) is 8.72. The summed E-state index contributed by atoms with van der Waals surface area (Å²) in [4.78, 5) is 0.837. The Balaban J connectivity index is 2.77. The quantitative estimate of drug-likeness (QED) is 0.685. The van der Waals surface area contributed by atoms with Crippen LogP contribution in [0, 0.1) is 0 Å². The predicted octanol–water partition coefficient (Wildman–Crippen LogP) is 2.55. The van der Waals surface area contributed by atoms with Gasteiger partial charge in [0.1, 0.15) is 4.90 Å². The molecule has 1 rings (SSSR count). The molecule has 0 radical (unpaired) electrons. The third-order valence-electron chi connectivity index (χ3n) is 2.15. The topological polar surface area (TPSA) is 58.2 Å². The molecule has 2 N–H and O–H groups in total. The van der Waals surface area contributed by atoms with E-state index in [1.807, 2.05) is 11.6 Å². The van der Waals surface area contributed by atoms with Crippen LogP contribution in [-0.4, -0.2) is 27.9 Å². The van der Waals surface area contributed by atoms with Crippen molar-refractivity contribution in [2.75, 3.05) is 13.1 Å². The Hall–Kier alpha value is -0.0900. The van der Waals surface area contributed by atoms with Crippen LogP contribution in [0.4, 0.5) is 8.78 Å². The third kappa shape index (κ3) is 5.42. The van der Waals surface area contributed by atoms with E-state index in [-0.39, 0.29) is 4.90 Å². The molecule has 4 nitrogen and oxygen atoms in total. The van der Waals surface area contributed by atoms with Crippen LogP contribution in [0.1, 0.15) is 18.2 Å². The van der Waals surface area contributed by atoms with Gasteiger partial charge in [0, 0.05) is 11.4 Å². The molecular formula is C10H15BrF2N2O2S2. The van der Waals surface area contributed by atoms with Crippen molar-refractivity contribution >= 4 is 37.3 Å². The summed E-state index contributed by atoms with van der Waals surface area (Å²) >= 11 is 4.43. The molecule has 1 aromatic heterocycles. The smallest absolute Gasteiger partial charge is 0.251 e. The lowest BCUT2D eigenvalue weighted by molar-refractivity contribution is 0.153. The van der Waals surface area contributed by atoms with Crippen LogP contribution in [0.2, 0.25) is 0 Å². The van der Waals surface area contributed by atoms with Gasteiger partial charge in [0.2, 0.25) is 10.0 Å². The lowest BCUT2D eigenvalue weighted by Gasteiger charge is -2.04. The Labute approximate surface area is 123 Å². The Morgan fingerprint density at radius 3 is 2.74 bits per heavy atom. The first kappa shape index (κ1) is 17.0. The predicted molar refractivity (Wildman–Crippen MR) is 75.2 cm³/mol. The van der Waals surface area contributed by atoms with Crippen molar-refractivity contribution < 1.29 is 17.2 Å². The average Bonchev–Trinajstić information content (AvgIpc) is 2.69. The summed E-state index contributed by atoms with van der Waals surface area (Å²) < 4.78 is 50.0. The molecule has 0 atom stereocenters. The van der Waals surface area contributed by atoms with Gasteiger partial charge < -0.3 is 5.32 Å². The largest absolute Gasteiger partial charge is 0.312 e.